The highest BCUT2D eigenvalue weighted by Gasteiger charge is 2.17. The molecule has 1 amide bonds. The summed E-state index contributed by atoms with van der Waals surface area (Å²) in [5.74, 6) is 0.570. The lowest BCUT2D eigenvalue weighted by molar-refractivity contribution is 0.102. The van der Waals surface area contributed by atoms with Gasteiger partial charge in [0.25, 0.3) is 5.91 Å². The first kappa shape index (κ1) is 17.6. The average Bonchev–Trinajstić information content (AvgIpc) is 2.82. The third-order valence-corrected chi connectivity index (χ3v) is 4.59. The van der Waals surface area contributed by atoms with Gasteiger partial charge in [-0.05, 0) is 67.4 Å². The van der Waals surface area contributed by atoms with E-state index in [-0.39, 0.29) is 12.0 Å². The van der Waals surface area contributed by atoms with E-state index < -0.39 is 0 Å². The van der Waals surface area contributed by atoms with Crippen LogP contribution in [0, 0.1) is 0 Å². The van der Waals surface area contributed by atoms with E-state index in [1.54, 1.807) is 24.3 Å². The minimum atomic E-state index is -0.198. The Labute approximate surface area is 152 Å². The molecular weight excluding hydrogens is 338 g/mol. The molecule has 1 saturated heterocycles. The van der Waals surface area contributed by atoms with E-state index in [4.69, 9.17) is 22.2 Å². The van der Waals surface area contributed by atoms with E-state index in [9.17, 15) is 4.79 Å². The predicted octanol–water partition coefficient (Wildman–Crippen LogP) is 3.91. The number of nitrogens with one attached hydrogen (secondary N) is 1. The van der Waals surface area contributed by atoms with Crippen LogP contribution in [0.25, 0.3) is 0 Å². The van der Waals surface area contributed by atoms with Gasteiger partial charge in [0.05, 0.1) is 11.4 Å². The smallest absolute Gasteiger partial charge is 0.255 e. The number of anilines is 2. The number of nitrogens with zero attached hydrogens (tertiary/aromatic N) is 1. The number of rotatable bonds is 4. The van der Waals surface area contributed by atoms with Crippen LogP contribution in [0.5, 0.6) is 5.75 Å². The molecule has 2 aromatic rings. The number of halogens is 1. The predicted molar refractivity (Wildman–Crippen MR) is 101 cm³/mol. The summed E-state index contributed by atoms with van der Waals surface area (Å²) in [4.78, 5) is 12.3. The number of carbonyl (C=O) groups excluding carboxylic acids is 1. The first-order valence-corrected chi connectivity index (χ1v) is 8.79. The van der Waals surface area contributed by atoms with Crippen molar-refractivity contribution in [2.75, 3.05) is 24.1 Å². The maximum absolute atomic E-state index is 12.3. The molecule has 5 nitrogen and oxygen atoms in total. The van der Waals surface area contributed by atoms with Crippen molar-refractivity contribution in [3.05, 3.63) is 54.1 Å². The molecule has 0 saturated carbocycles. The molecule has 132 valence electrons. The Bertz CT molecular complexity index is 721. The zero-order valence-electron chi connectivity index (χ0n) is 14.0. The Morgan fingerprint density at radius 1 is 1.12 bits per heavy atom. The normalized spacial score (nSPS) is 18.4. The summed E-state index contributed by atoms with van der Waals surface area (Å²) in [6.07, 6.45) is 3.07. The van der Waals surface area contributed by atoms with Gasteiger partial charge in [-0.1, -0.05) is 12.1 Å². The van der Waals surface area contributed by atoms with Crippen LogP contribution in [0.2, 0.25) is 0 Å². The third kappa shape index (κ3) is 4.87. The summed E-state index contributed by atoms with van der Waals surface area (Å²) < 4.78 is 7.83. The van der Waals surface area contributed by atoms with E-state index in [1.165, 1.54) is 0 Å². The molecule has 1 unspecified atom stereocenters. The summed E-state index contributed by atoms with van der Waals surface area (Å²) in [5.41, 5.74) is 7.56. The molecule has 0 radical (unpaired) electrons. The molecule has 1 atom stereocenters. The molecule has 1 aliphatic rings. The zero-order valence-corrected chi connectivity index (χ0v) is 14.7. The summed E-state index contributed by atoms with van der Waals surface area (Å²) in [6, 6.07) is 14.4. The Hall–Kier alpha value is -2.24. The topological polar surface area (TPSA) is 67.6 Å². The molecule has 0 spiro atoms. The molecule has 0 aliphatic carbocycles. The Morgan fingerprint density at radius 3 is 2.64 bits per heavy atom. The average molecular weight is 360 g/mol. The van der Waals surface area contributed by atoms with Gasteiger partial charge >= 0.3 is 0 Å². The quantitative estimate of drug-likeness (QED) is 0.641. The van der Waals surface area contributed by atoms with Gasteiger partial charge in [0, 0.05) is 18.7 Å². The van der Waals surface area contributed by atoms with Crippen LogP contribution >= 0.6 is 11.8 Å². The fraction of sp³-hybridized carbons (Fsp3) is 0.316. The van der Waals surface area contributed by atoms with Crippen molar-refractivity contribution in [2.45, 2.75) is 25.4 Å². The van der Waals surface area contributed by atoms with Gasteiger partial charge in [-0.25, -0.2) is 4.42 Å². The van der Waals surface area contributed by atoms with Gasteiger partial charge in [-0.3, -0.25) is 4.79 Å². The standard InChI is InChI=1S/C19H22ClN3O2/c20-23-12-3-4-15(11-13-23)25-16-9-7-14(8-10-16)19(24)22-18-6-2-1-5-17(18)21/h1-2,5-10,15H,3-4,11-13,21H2,(H,22,24). The monoisotopic (exact) mass is 359 g/mol. The fourth-order valence-corrected chi connectivity index (χ4v) is 3.05. The molecule has 3 N–H and O–H groups in total. The van der Waals surface area contributed by atoms with Crippen molar-refractivity contribution in [1.29, 1.82) is 0 Å². The second kappa shape index (κ2) is 8.23. The first-order valence-electron chi connectivity index (χ1n) is 8.45. The number of para-hydroxylation sites is 2. The lowest BCUT2D eigenvalue weighted by Gasteiger charge is -2.17. The van der Waals surface area contributed by atoms with Crippen LogP contribution in [0.3, 0.4) is 0 Å². The van der Waals surface area contributed by atoms with Gasteiger partial charge < -0.3 is 15.8 Å². The van der Waals surface area contributed by atoms with E-state index in [2.05, 4.69) is 5.32 Å². The molecule has 0 aromatic heterocycles. The van der Waals surface area contributed by atoms with E-state index in [0.717, 1.165) is 38.1 Å². The van der Waals surface area contributed by atoms with Crippen molar-refractivity contribution >= 4 is 29.1 Å². The SMILES string of the molecule is Nc1ccccc1NC(=O)c1ccc(OC2CCCN(Cl)CC2)cc1. The fourth-order valence-electron chi connectivity index (χ4n) is 2.83. The molecule has 0 bridgehead atoms. The first-order chi connectivity index (χ1) is 12.1. The number of ether oxygens (including phenoxy) is 1. The van der Waals surface area contributed by atoms with Crippen LogP contribution in [0.1, 0.15) is 29.6 Å². The van der Waals surface area contributed by atoms with Gasteiger partial charge in [-0.2, -0.15) is 0 Å². The zero-order chi connectivity index (χ0) is 17.6. The summed E-state index contributed by atoms with van der Waals surface area (Å²) in [5, 5.41) is 2.82. The Balaban J connectivity index is 1.60. The van der Waals surface area contributed by atoms with E-state index >= 15 is 0 Å². The van der Waals surface area contributed by atoms with E-state index in [1.807, 2.05) is 28.7 Å². The van der Waals surface area contributed by atoms with Crippen molar-refractivity contribution in [2.24, 2.45) is 0 Å². The Kier molecular flexibility index (Phi) is 5.79. The van der Waals surface area contributed by atoms with Gasteiger partial charge in [0.1, 0.15) is 11.9 Å². The minimum Gasteiger partial charge on any atom is -0.490 e. The summed E-state index contributed by atoms with van der Waals surface area (Å²) in [6.45, 7) is 1.72. The number of hydrogen-bond acceptors (Lipinski definition) is 4. The van der Waals surface area contributed by atoms with Crippen LogP contribution in [0.4, 0.5) is 11.4 Å². The Morgan fingerprint density at radius 2 is 1.88 bits per heavy atom. The number of hydrogen-bond donors (Lipinski definition) is 2. The highest BCUT2D eigenvalue weighted by molar-refractivity contribution is 6.13. The number of carbonyl (C=O) groups is 1. The van der Waals surface area contributed by atoms with Crippen LogP contribution in [-0.2, 0) is 0 Å². The molecule has 6 heteroatoms. The highest BCUT2D eigenvalue weighted by atomic mass is 35.5. The van der Waals surface area contributed by atoms with Crippen molar-refractivity contribution in [3.63, 3.8) is 0 Å². The number of benzene rings is 2. The minimum absolute atomic E-state index is 0.160. The lowest BCUT2D eigenvalue weighted by Crippen LogP contribution is -2.19. The number of nitrogen functional groups attached to an aromatic ring is 1. The molecule has 3 rings (SSSR count). The van der Waals surface area contributed by atoms with Crippen molar-refractivity contribution in [3.8, 4) is 5.75 Å². The van der Waals surface area contributed by atoms with Gasteiger partial charge in [-0.15, -0.1) is 0 Å². The van der Waals surface area contributed by atoms with Crippen molar-refractivity contribution < 1.29 is 9.53 Å². The maximum atomic E-state index is 12.3. The lowest BCUT2D eigenvalue weighted by atomic mass is 10.1. The summed E-state index contributed by atoms with van der Waals surface area (Å²) in [7, 11) is 0. The number of nitrogens with two attached hydrogens (primary N) is 1. The molecule has 1 aliphatic heterocycles. The second-order valence-corrected chi connectivity index (χ2v) is 6.62. The van der Waals surface area contributed by atoms with Crippen LogP contribution < -0.4 is 15.8 Å². The van der Waals surface area contributed by atoms with Crippen molar-refractivity contribution in [1.82, 2.24) is 4.42 Å². The maximum Gasteiger partial charge on any atom is 0.255 e. The van der Waals surface area contributed by atoms with Crippen LogP contribution in [0.15, 0.2) is 48.5 Å². The summed E-state index contributed by atoms with van der Waals surface area (Å²) >= 11 is 6.05. The highest BCUT2D eigenvalue weighted by Crippen LogP contribution is 2.22. The largest absolute Gasteiger partial charge is 0.490 e. The third-order valence-electron chi connectivity index (χ3n) is 4.25. The molecule has 25 heavy (non-hydrogen) atoms. The van der Waals surface area contributed by atoms with Crippen LogP contribution in [-0.4, -0.2) is 29.5 Å². The van der Waals surface area contributed by atoms with Gasteiger partial charge in [0.15, 0.2) is 0 Å². The van der Waals surface area contributed by atoms with Gasteiger partial charge in [0.2, 0.25) is 0 Å². The number of amides is 1. The molecule has 2 aromatic carbocycles. The second-order valence-electron chi connectivity index (χ2n) is 6.15. The molecule has 1 fully saturated rings. The molecule has 1 heterocycles. The van der Waals surface area contributed by atoms with E-state index in [0.29, 0.717) is 16.9 Å². The molecular formula is C19H22ClN3O2.